The molecule has 0 bridgehead atoms. The largest absolute Gasteiger partial charge is 0.0911 e. The van der Waals surface area contributed by atoms with Crippen LogP contribution in [0.15, 0.2) is 12.2 Å². The zero-order valence-corrected chi connectivity index (χ0v) is 11.6. The minimum Gasteiger partial charge on any atom is -0.0911 e. The lowest BCUT2D eigenvalue weighted by molar-refractivity contribution is 0.373. The number of hydrogen-bond donors (Lipinski definition) is 0. The van der Waals surface area contributed by atoms with Gasteiger partial charge in [-0.1, -0.05) is 67.0 Å². The van der Waals surface area contributed by atoms with Gasteiger partial charge in [-0.05, 0) is 24.2 Å². The van der Waals surface area contributed by atoms with Crippen molar-refractivity contribution in [2.24, 2.45) is 10.8 Å². The first-order chi connectivity index (χ1) is 6.12. The van der Waals surface area contributed by atoms with E-state index >= 15 is 0 Å². The molecule has 0 radical (unpaired) electrons. The predicted octanol–water partition coefficient (Wildman–Crippen LogP) is 5.44. The van der Waals surface area contributed by atoms with Crippen LogP contribution in [-0.2, 0) is 0 Å². The van der Waals surface area contributed by atoms with E-state index in [2.05, 4.69) is 60.6 Å². The number of rotatable bonds is 1. The summed E-state index contributed by atoms with van der Waals surface area (Å²) in [7, 11) is 0. The highest BCUT2D eigenvalue weighted by atomic mass is 14.1. The van der Waals surface area contributed by atoms with Gasteiger partial charge in [0, 0.05) is 0 Å². The van der Waals surface area contributed by atoms with E-state index in [-0.39, 0.29) is 0 Å². The average molecular weight is 198 g/mol. The Kier molecular flexibility index (Phi) is 8.19. The van der Waals surface area contributed by atoms with Crippen LogP contribution in [0.4, 0.5) is 0 Å². The van der Waals surface area contributed by atoms with Crippen molar-refractivity contribution in [3.05, 3.63) is 12.2 Å². The molecule has 0 saturated heterocycles. The Balaban J connectivity index is 0. The smallest absolute Gasteiger partial charge is 0.0203 e. The van der Waals surface area contributed by atoms with Crippen LogP contribution in [0.25, 0.3) is 0 Å². The molecule has 0 aliphatic carbocycles. The quantitative estimate of drug-likeness (QED) is 0.492. The summed E-state index contributed by atoms with van der Waals surface area (Å²) in [5.74, 6) is 0. The fraction of sp³-hybridized carbons (Fsp3) is 0.857. The zero-order valence-electron chi connectivity index (χ0n) is 11.6. The van der Waals surface area contributed by atoms with Crippen LogP contribution in [0, 0.1) is 10.8 Å². The summed E-state index contributed by atoms with van der Waals surface area (Å²) in [6, 6.07) is 0. The normalized spacial score (nSPS) is 12.6. The maximum atomic E-state index is 2.27. The van der Waals surface area contributed by atoms with Gasteiger partial charge in [0.25, 0.3) is 0 Å². The molecule has 0 amide bonds. The van der Waals surface area contributed by atoms with Gasteiger partial charge in [0.05, 0.1) is 0 Å². The molecule has 0 atom stereocenters. The molecule has 0 aliphatic rings. The average Bonchev–Trinajstić information content (AvgIpc) is 1.81. The standard InChI is InChI=1S/C7H16.C7H14/c2*1-5-6-7(2,3)4/h5-6H2,1-4H3;5-6H,1-4H3/b;6-5+. The number of allylic oxidation sites excluding steroid dienone is 2. The van der Waals surface area contributed by atoms with E-state index in [1.165, 1.54) is 12.8 Å². The molecule has 86 valence electrons. The summed E-state index contributed by atoms with van der Waals surface area (Å²) in [4.78, 5) is 0. The maximum absolute atomic E-state index is 2.27. The predicted molar refractivity (Wildman–Crippen MR) is 68.6 cm³/mol. The molecule has 0 N–H and O–H groups in total. The molecule has 0 aromatic heterocycles. The molecular formula is C14H30. The second-order valence-electron chi connectivity index (χ2n) is 6.18. The second-order valence-corrected chi connectivity index (χ2v) is 6.18. The Hall–Kier alpha value is -0.260. The highest BCUT2D eigenvalue weighted by Crippen LogP contribution is 2.19. The lowest BCUT2D eigenvalue weighted by Crippen LogP contribution is -2.02. The van der Waals surface area contributed by atoms with E-state index in [1.54, 1.807) is 0 Å². The van der Waals surface area contributed by atoms with Gasteiger partial charge < -0.3 is 0 Å². The SMILES string of the molecule is C/C=C/C(C)(C)C.CCCC(C)(C)C. The lowest BCUT2D eigenvalue weighted by Gasteiger charge is -2.15. The summed E-state index contributed by atoms with van der Waals surface area (Å²) in [6.07, 6.45) is 6.92. The third-order valence-corrected chi connectivity index (χ3v) is 1.67. The van der Waals surface area contributed by atoms with Gasteiger partial charge in [0.15, 0.2) is 0 Å². The van der Waals surface area contributed by atoms with Crippen LogP contribution < -0.4 is 0 Å². The fourth-order valence-corrected chi connectivity index (χ4v) is 1.25. The molecule has 0 rings (SSSR count). The van der Waals surface area contributed by atoms with Crippen molar-refractivity contribution in [1.29, 1.82) is 0 Å². The van der Waals surface area contributed by atoms with Gasteiger partial charge in [0.2, 0.25) is 0 Å². The molecular weight excluding hydrogens is 168 g/mol. The van der Waals surface area contributed by atoms with Crippen LogP contribution in [0.3, 0.4) is 0 Å². The fourth-order valence-electron chi connectivity index (χ4n) is 1.25. The molecule has 0 unspecified atom stereocenters. The molecule has 0 saturated carbocycles. The molecule has 14 heavy (non-hydrogen) atoms. The van der Waals surface area contributed by atoms with Crippen LogP contribution in [-0.4, -0.2) is 0 Å². The van der Waals surface area contributed by atoms with Gasteiger partial charge in [-0.2, -0.15) is 0 Å². The van der Waals surface area contributed by atoms with Crippen molar-refractivity contribution >= 4 is 0 Å². The molecule has 0 aromatic rings. The van der Waals surface area contributed by atoms with Crippen LogP contribution >= 0.6 is 0 Å². The molecule has 0 fully saturated rings. The van der Waals surface area contributed by atoms with E-state index in [0.717, 1.165) is 0 Å². The molecule has 0 aromatic carbocycles. The minimum absolute atomic E-state index is 0.370. The lowest BCUT2D eigenvalue weighted by atomic mass is 9.91. The highest BCUT2D eigenvalue weighted by Gasteiger charge is 2.06. The first-order valence-corrected chi connectivity index (χ1v) is 5.76. The summed E-state index contributed by atoms with van der Waals surface area (Å²) >= 11 is 0. The topological polar surface area (TPSA) is 0 Å². The Morgan fingerprint density at radius 2 is 1.36 bits per heavy atom. The first-order valence-electron chi connectivity index (χ1n) is 5.76. The monoisotopic (exact) mass is 198 g/mol. The van der Waals surface area contributed by atoms with Crippen LogP contribution in [0.1, 0.15) is 68.2 Å². The number of hydrogen-bond acceptors (Lipinski definition) is 0. The second kappa shape index (κ2) is 7.09. The Bertz CT molecular complexity index is 138. The summed E-state index contributed by atoms with van der Waals surface area (Å²) < 4.78 is 0. The molecule has 0 heteroatoms. The summed E-state index contributed by atoms with van der Waals surface area (Å²) in [5.41, 5.74) is 0.920. The van der Waals surface area contributed by atoms with Crippen molar-refractivity contribution in [3.8, 4) is 0 Å². The van der Waals surface area contributed by atoms with Gasteiger partial charge in [-0.15, -0.1) is 0 Å². The Morgan fingerprint density at radius 3 is 1.36 bits per heavy atom. The molecule has 0 nitrogen and oxygen atoms in total. The van der Waals surface area contributed by atoms with E-state index in [1.807, 2.05) is 6.92 Å². The van der Waals surface area contributed by atoms with Crippen molar-refractivity contribution in [1.82, 2.24) is 0 Å². The van der Waals surface area contributed by atoms with Gasteiger partial charge in [-0.25, -0.2) is 0 Å². The van der Waals surface area contributed by atoms with Crippen molar-refractivity contribution < 1.29 is 0 Å². The zero-order chi connectivity index (χ0) is 11.8. The van der Waals surface area contributed by atoms with Gasteiger partial charge in [-0.3, -0.25) is 0 Å². The third kappa shape index (κ3) is 22.6. The first kappa shape index (κ1) is 16.2. The Morgan fingerprint density at radius 1 is 0.929 bits per heavy atom. The van der Waals surface area contributed by atoms with Crippen molar-refractivity contribution in [3.63, 3.8) is 0 Å². The molecule has 0 aliphatic heterocycles. The minimum atomic E-state index is 0.370. The van der Waals surface area contributed by atoms with E-state index in [9.17, 15) is 0 Å². The van der Waals surface area contributed by atoms with Gasteiger partial charge >= 0.3 is 0 Å². The Labute approximate surface area is 91.8 Å². The van der Waals surface area contributed by atoms with Crippen LogP contribution in [0.5, 0.6) is 0 Å². The summed E-state index contributed by atoms with van der Waals surface area (Å²) in [6.45, 7) is 17.7. The van der Waals surface area contributed by atoms with Crippen molar-refractivity contribution in [2.75, 3.05) is 0 Å². The summed E-state index contributed by atoms with van der Waals surface area (Å²) in [5, 5.41) is 0. The molecule has 0 heterocycles. The van der Waals surface area contributed by atoms with E-state index in [0.29, 0.717) is 10.8 Å². The van der Waals surface area contributed by atoms with E-state index in [4.69, 9.17) is 0 Å². The third-order valence-electron chi connectivity index (χ3n) is 1.67. The van der Waals surface area contributed by atoms with Gasteiger partial charge in [0.1, 0.15) is 0 Å². The van der Waals surface area contributed by atoms with Crippen molar-refractivity contribution in [2.45, 2.75) is 68.2 Å². The van der Waals surface area contributed by atoms with Crippen LogP contribution in [0.2, 0.25) is 0 Å². The maximum Gasteiger partial charge on any atom is -0.0203 e. The highest BCUT2D eigenvalue weighted by molar-refractivity contribution is 4.88. The van der Waals surface area contributed by atoms with E-state index < -0.39 is 0 Å². The molecule has 0 spiro atoms.